The van der Waals surface area contributed by atoms with Crippen molar-refractivity contribution in [2.24, 2.45) is 0 Å². The molecule has 0 saturated carbocycles. The van der Waals surface area contributed by atoms with Gasteiger partial charge in [-0.3, -0.25) is 0 Å². The van der Waals surface area contributed by atoms with Crippen molar-refractivity contribution < 1.29 is 13.5 Å². The van der Waals surface area contributed by atoms with Gasteiger partial charge in [0.2, 0.25) is 10.0 Å². The Bertz CT molecular complexity index is 1190. The van der Waals surface area contributed by atoms with Crippen LogP contribution in [0, 0.1) is 0 Å². The summed E-state index contributed by atoms with van der Waals surface area (Å²) in [4.78, 5) is 7.70. The van der Waals surface area contributed by atoms with Crippen LogP contribution in [0.4, 0.5) is 0 Å². The smallest absolute Gasteiger partial charge is 0.244 e. The molecular weight excluding hydrogens is 513 g/mol. The number of benzene rings is 2. The van der Waals surface area contributed by atoms with Gasteiger partial charge in [0.1, 0.15) is 10.7 Å². The average molecular weight is 531 g/mol. The van der Waals surface area contributed by atoms with Crippen LogP contribution in [0.25, 0.3) is 22.6 Å². The number of sulfonamides is 1. The van der Waals surface area contributed by atoms with Gasteiger partial charge < -0.3 is 10.1 Å². The van der Waals surface area contributed by atoms with E-state index < -0.39 is 16.1 Å². The second-order valence-corrected chi connectivity index (χ2v) is 10.6. The summed E-state index contributed by atoms with van der Waals surface area (Å²) >= 11 is 15.8. The fraction of sp³-hybridized carbons (Fsp3) is 0.250. The number of hydrogen-bond acceptors (Lipinski definition) is 4. The molecule has 2 heterocycles. The topological polar surface area (TPSA) is 86.3 Å². The summed E-state index contributed by atoms with van der Waals surface area (Å²) in [5.41, 5.74) is 2.12. The number of rotatable bonds is 4. The lowest BCUT2D eigenvalue weighted by Crippen LogP contribution is -2.40. The summed E-state index contributed by atoms with van der Waals surface area (Å²) in [7, 11) is -3.78. The van der Waals surface area contributed by atoms with Crippen molar-refractivity contribution in [2.75, 3.05) is 13.1 Å². The molecule has 3 aromatic rings. The molecule has 0 bridgehead atoms. The lowest BCUT2D eigenvalue weighted by atomic mass is 10.1. The van der Waals surface area contributed by atoms with Gasteiger partial charge >= 0.3 is 0 Å². The largest absolute Gasteiger partial charge is 0.393 e. The molecule has 2 N–H and O–H groups in total. The van der Waals surface area contributed by atoms with E-state index in [4.69, 9.17) is 23.2 Å². The van der Waals surface area contributed by atoms with E-state index in [0.29, 0.717) is 34.9 Å². The number of aromatic amines is 1. The molecule has 0 unspecified atom stereocenters. The van der Waals surface area contributed by atoms with Gasteiger partial charge in [-0.05, 0) is 59.1 Å². The number of hydrogen-bond donors (Lipinski definition) is 2. The Labute approximate surface area is 193 Å². The number of aliphatic hydroxyl groups is 1. The van der Waals surface area contributed by atoms with Crippen LogP contribution < -0.4 is 0 Å². The quantitative estimate of drug-likeness (QED) is 0.499. The zero-order chi connectivity index (χ0) is 21.5. The van der Waals surface area contributed by atoms with Gasteiger partial charge in [-0.25, -0.2) is 13.4 Å². The number of aromatic nitrogens is 2. The van der Waals surface area contributed by atoms with Gasteiger partial charge in [-0.15, -0.1) is 0 Å². The maximum Gasteiger partial charge on any atom is 0.244 e. The minimum atomic E-state index is -3.78. The molecule has 0 aliphatic carbocycles. The van der Waals surface area contributed by atoms with Crippen molar-refractivity contribution in [1.29, 1.82) is 0 Å². The van der Waals surface area contributed by atoms with Crippen molar-refractivity contribution in [3.05, 3.63) is 57.1 Å². The predicted molar refractivity (Wildman–Crippen MR) is 121 cm³/mol. The molecule has 1 aliphatic heterocycles. The van der Waals surface area contributed by atoms with E-state index in [1.807, 2.05) is 12.1 Å². The predicted octanol–water partition coefficient (Wildman–Crippen LogP) is 4.96. The molecule has 2 aromatic carbocycles. The highest BCUT2D eigenvalue weighted by atomic mass is 79.9. The van der Waals surface area contributed by atoms with Gasteiger partial charge in [0, 0.05) is 34.9 Å². The summed E-state index contributed by atoms with van der Waals surface area (Å²) in [5.74, 6) is 0.520. The number of piperidine rings is 1. The van der Waals surface area contributed by atoms with Crippen LogP contribution in [0.1, 0.15) is 12.8 Å². The summed E-state index contributed by atoms with van der Waals surface area (Å²) in [6.45, 7) is 0.526. The number of nitrogens with one attached hydrogen (secondary N) is 1. The average Bonchev–Trinajstić information content (AvgIpc) is 3.21. The third-order valence-corrected chi connectivity index (χ3v) is 8.65. The highest BCUT2D eigenvalue weighted by molar-refractivity contribution is 9.10. The highest BCUT2D eigenvalue weighted by Crippen LogP contribution is 2.32. The maximum absolute atomic E-state index is 13.1. The van der Waals surface area contributed by atoms with Crippen molar-refractivity contribution in [3.8, 4) is 22.6 Å². The number of nitrogens with zero attached hydrogens (tertiary/aromatic N) is 2. The monoisotopic (exact) mass is 529 g/mol. The minimum Gasteiger partial charge on any atom is -0.393 e. The zero-order valence-electron chi connectivity index (χ0n) is 15.6. The number of halogens is 3. The summed E-state index contributed by atoms with van der Waals surface area (Å²) in [6.07, 6.45) is 2.10. The second kappa shape index (κ2) is 8.61. The van der Waals surface area contributed by atoms with Crippen LogP contribution in [0.15, 0.2) is 52.0 Å². The Kier molecular flexibility index (Phi) is 6.25. The van der Waals surface area contributed by atoms with E-state index >= 15 is 0 Å². The third kappa shape index (κ3) is 4.30. The van der Waals surface area contributed by atoms with Crippen molar-refractivity contribution in [2.45, 2.75) is 23.8 Å². The normalized spacial score (nSPS) is 16.1. The zero-order valence-corrected chi connectivity index (χ0v) is 19.6. The number of H-pyrrole nitrogens is 1. The van der Waals surface area contributed by atoms with E-state index in [1.54, 1.807) is 24.4 Å². The molecule has 0 spiro atoms. The van der Waals surface area contributed by atoms with Crippen molar-refractivity contribution in [3.63, 3.8) is 0 Å². The van der Waals surface area contributed by atoms with Crippen LogP contribution in [-0.4, -0.2) is 47.0 Å². The molecule has 30 heavy (non-hydrogen) atoms. The molecule has 6 nitrogen and oxygen atoms in total. The van der Waals surface area contributed by atoms with Crippen LogP contribution in [0.3, 0.4) is 0 Å². The van der Waals surface area contributed by atoms with Gasteiger partial charge in [-0.1, -0.05) is 29.3 Å². The van der Waals surface area contributed by atoms with E-state index in [2.05, 4.69) is 25.9 Å². The highest BCUT2D eigenvalue weighted by Gasteiger charge is 2.30. The fourth-order valence-electron chi connectivity index (χ4n) is 3.34. The van der Waals surface area contributed by atoms with Crippen molar-refractivity contribution >= 4 is 49.2 Å². The first-order valence-electron chi connectivity index (χ1n) is 9.24. The van der Waals surface area contributed by atoms with Crippen molar-refractivity contribution in [1.82, 2.24) is 14.3 Å². The Balaban J connectivity index is 1.67. The van der Waals surface area contributed by atoms with E-state index in [1.165, 1.54) is 10.4 Å². The molecule has 1 aromatic heterocycles. The minimum absolute atomic E-state index is 0.0303. The fourth-order valence-corrected chi connectivity index (χ4v) is 5.74. The lowest BCUT2D eigenvalue weighted by molar-refractivity contribution is 0.113. The third-order valence-electron chi connectivity index (χ3n) is 5.04. The van der Waals surface area contributed by atoms with Gasteiger partial charge in [0.05, 0.1) is 21.8 Å². The van der Waals surface area contributed by atoms with Gasteiger partial charge in [0.25, 0.3) is 0 Å². The molecule has 0 atom stereocenters. The Morgan fingerprint density at radius 1 is 1.07 bits per heavy atom. The van der Waals surface area contributed by atoms with Crippen LogP contribution in [0.2, 0.25) is 10.0 Å². The molecule has 4 rings (SSSR count). The van der Waals surface area contributed by atoms with Gasteiger partial charge in [0.15, 0.2) is 0 Å². The van der Waals surface area contributed by atoms with Crippen LogP contribution >= 0.6 is 39.1 Å². The first kappa shape index (κ1) is 21.8. The maximum atomic E-state index is 13.1. The van der Waals surface area contributed by atoms with E-state index in [0.717, 1.165) is 10.0 Å². The Morgan fingerprint density at radius 2 is 1.77 bits per heavy atom. The molecule has 0 radical (unpaired) electrons. The summed E-state index contributed by atoms with van der Waals surface area (Å²) < 4.78 is 28.4. The number of imidazole rings is 1. The molecule has 1 saturated heterocycles. The number of aliphatic hydroxyl groups excluding tert-OH is 1. The standard InChI is InChI=1S/C20H18BrCl2N3O3S/c21-15-3-1-12(9-17(15)23)18-11-24-20(25-18)13-2-4-16(22)19(10-13)30(28,29)26-7-5-14(27)6-8-26/h1-4,9-11,14,27H,5-8H2,(H,24,25). The molecule has 158 valence electrons. The summed E-state index contributed by atoms with van der Waals surface area (Å²) in [5, 5.41) is 10.4. The molecule has 10 heteroatoms. The Hall–Kier alpha value is -1.42. The molecule has 1 fully saturated rings. The summed E-state index contributed by atoms with van der Waals surface area (Å²) in [6, 6.07) is 10.3. The first-order chi connectivity index (χ1) is 14.3. The van der Waals surface area contributed by atoms with Crippen LogP contribution in [-0.2, 0) is 10.0 Å². The van der Waals surface area contributed by atoms with E-state index in [-0.39, 0.29) is 23.0 Å². The van der Waals surface area contributed by atoms with E-state index in [9.17, 15) is 13.5 Å². The van der Waals surface area contributed by atoms with Crippen LogP contribution in [0.5, 0.6) is 0 Å². The van der Waals surface area contributed by atoms with Gasteiger partial charge in [-0.2, -0.15) is 4.31 Å². The molecular formula is C20H18BrCl2N3O3S. The lowest BCUT2D eigenvalue weighted by Gasteiger charge is -2.29. The first-order valence-corrected chi connectivity index (χ1v) is 12.2. The molecule has 0 amide bonds. The second-order valence-electron chi connectivity index (χ2n) is 7.04. The Morgan fingerprint density at radius 3 is 2.47 bits per heavy atom. The SMILES string of the molecule is O=S(=O)(c1cc(-c2nc(-c3ccc(Br)c(Cl)c3)c[nH]2)ccc1Cl)N1CCC(O)CC1. The molecule has 1 aliphatic rings.